The van der Waals surface area contributed by atoms with Crippen LogP contribution in [0.4, 0.5) is 0 Å². The number of methoxy groups -OCH3 is 1. The molecule has 1 atom stereocenters. The molecular formula is C16H24BN3O5. The van der Waals surface area contributed by atoms with E-state index in [1.54, 1.807) is 7.11 Å². The summed E-state index contributed by atoms with van der Waals surface area (Å²) in [5.41, 5.74) is 0.949. The molecule has 4 N–H and O–H groups in total. The number of nitrogens with zero attached hydrogens (tertiary/aromatic N) is 1. The first-order valence-corrected chi connectivity index (χ1v) is 8.29. The van der Waals surface area contributed by atoms with Gasteiger partial charge in [0.05, 0.1) is 20.1 Å². The maximum Gasteiger partial charge on any atom is 0.472 e. The predicted octanol–water partition coefficient (Wildman–Crippen LogP) is -1.10. The molecule has 0 saturated carbocycles. The van der Waals surface area contributed by atoms with Gasteiger partial charge in [0, 0.05) is 18.7 Å². The van der Waals surface area contributed by atoms with Crippen LogP contribution in [0.25, 0.3) is 0 Å². The average molecular weight is 349 g/mol. The number of ether oxygens (including phenoxy) is 1. The molecule has 9 heteroatoms. The molecule has 0 aromatic heterocycles. The van der Waals surface area contributed by atoms with Crippen molar-refractivity contribution in [2.24, 2.45) is 0 Å². The Bertz CT molecular complexity index is 599. The quantitative estimate of drug-likeness (QED) is 0.444. The molecule has 1 aromatic carbocycles. The Morgan fingerprint density at radius 3 is 2.84 bits per heavy atom. The van der Waals surface area contributed by atoms with Crippen LogP contribution < -0.4 is 15.4 Å². The number of likely N-dealkylation sites (tertiary alicyclic amines) is 1. The molecule has 0 bridgehead atoms. The summed E-state index contributed by atoms with van der Waals surface area (Å²) in [6.45, 7) is 1.12. The van der Waals surface area contributed by atoms with Crippen molar-refractivity contribution in [3.05, 3.63) is 29.8 Å². The highest BCUT2D eigenvalue weighted by Crippen LogP contribution is 2.18. The third-order valence-corrected chi connectivity index (χ3v) is 4.12. The van der Waals surface area contributed by atoms with E-state index in [9.17, 15) is 9.59 Å². The smallest absolute Gasteiger partial charge is 0.472 e. The van der Waals surface area contributed by atoms with Crippen molar-refractivity contribution < 1.29 is 24.4 Å². The van der Waals surface area contributed by atoms with Crippen LogP contribution >= 0.6 is 0 Å². The molecule has 8 nitrogen and oxygen atoms in total. The molecule has 1 fully saturated rings. The molecule has 0 spiro atoms. The topological polar surface area (TPSA) is 111 Å². The zero-order valence-corrected chi connectivity index (χ0v) is 14.3. The van der Waals surface area contributed by atoms with Crippen molar-refractivity contribution in [2.75, 3.05) is 26.6 Å². The van der Waals surface area contributed by atoms with Crippen molar-refractivity contribution in [3.8, 4) is 5.75 Å². The highest BCUT2D eigenvalue weighted by atomic mass is 16.5. The van der Waals surface area contributed by atoms with Gasteiger partial charge in [-0.1, -0.05) is 18.2 Å². The van der Waals surface area contributed by atoms with Gasteiger partial charge in [0.15, 0.2) is 0 Å². The number of amides is 2. The van der Waals surface area contributed by atoms with Gasteiger partial charge in [0.2, 0.25) is 11.8 Å². The van der Waals surface area contributed by atoms with Crippen molar-refractivity contribution in [1.82, 2.24) is 15.5 Å². The second kappa shape index (κ2) is 9.40. The SMILES string of the molecule is COc1ccccc1CNCC(=O)N1CCCC1C(=O)NCB(O)O. The summed E-state index contributed by atoms with van der Waals surface area (Å²) in [7, 11) is -0.00202. The van der Waals surface area contributed by atoms with E-state index in [-0.39, 0.29) is 24.8 Å². The highest BCUT2D eigenvalue weighted by Gasteiger charge is 2.33. The van der Waals surface area contributed by atoms with Gasteiger partial charge in [-0.15, -0.1) is 0 Å². The first-order chi connectivity index (χ1) is 12.0. The van der Waals surface area contributed by atoms with E-state index in [0.717, 1.165) is 17.7 Å². The van der Waals surface area contributed by atoms with E-state index in [4.69, 9.17) is 14.8 Å². The first kappa shape index (κ1) is 19.2. The van der Waals surface area contributed by atoms with Gasteiger partial charge >= 0.3 is 7.12 Å². The molecular weight excluding hydrogens is 325 g/mol. The van der Waals surface area contributed by atoms with Gasteiger partial charge in [-0.05, 0) is 18.9 Å². The van der Waals surface area contributed by atoms with E-state index in [1.165, 1.54) is 4.90 Å². The van der Waals surface area contributed by atoms with Crippen LogP contribution in [0.2, 0.25) is 0 Å². The number of hydrogen-bond acceptors (Lipinski definition) is 6. The third kappa shape index (κ3) is 5.45. The zero-order valence-electron chi connectivity index (χ0n) is 14.3. The summed E-state index contributed by atoms with van der Waals surface area (Å²) in [4.78, 5) is 26.0. The third-order valence-electron chi connectivity index (χ3n) is 4.12. The lowest BCUT2D eigenvalue weighted by Gasteiger charge is -2.24. The molecule has 2 amide bonds. The first-order valence-electron chi connectivity index (χ1n) is 8.29. The Labute approximate surface area is 147 Å². The number of rotatable bonds is 8. The number of hydrogen-bond donors (Lipinski definition) is 4. The monoisotopic (exact) mass is 349 g/mol. The second-order valence-corrected chi connectivity index (χ2v) is 5.89. The largest absolute Gasteiger partial charge is 0.496 e. The molecule has 1 heterocycles. The normalized spacial score (nSPS) is 16.6. The standard InChI is InChI=1S/C16H24BN3O5/c1-25-14-7-3-2-5-12(14)9-18-10-15(21)20-8-4-6-13(20)16(22)19-11-17(23)24/h2-3,5,7,13,18,23-24H,4,6,8-11H2,1H3,(H,19,22). The van der Waals surface area contributed by atoms with Crippen molar-refractivity contribution in [1.29, 1.82) is 0 Å². The summed E-state index contributed by atoms with van der Waals surface area (Å²) in [5.74, 6) is 0.240. The number of nitrogens with one attached hydrogen (secondary N) is 2. The van der Waals surface area contributed by atoms with Gasteiger partial charge in [-0.25, -0.2) is 0 Å². The Morgan fingerprint density at radius 1 is 1.36 bits per heavy atom. The van der Waals surface area contributed by atoms with E-state index in [0.29, 0.717) is 19.5 Å². The highest BCUT2D eigenvalue weighted by molar-refractivity contribution is 6.41. The Kier molecular flexibility index (Phi) is 7.23. The van der Waals surface area contributed by atoms with Gasteiger partial charge in [-0.3, -0.25) is 9.59 Å². The van der Waals surface area contributed by atoms with Crippen LogP contribution in [-0.4, -0.2) is 66.6 Å². The maximum absolute atomic E-state index is 12.4. The van der Waals surface area contributed by atoms with Crippen molar-refractivity contribution >= 4 is 18.9 Å². The Balaban J connectivity index is 1.84. The molecule has 1 aromatic rings. The second-order valence-electron chi connectivity index (χ2n) is 5.89. The summed E-state index contributed by atoms with van der Waals surface area (Å²) < 4.78 is 5.27. The van der Waals surface area contributed by atoms with Crippen LogP contribution in [-0.2, 0) is 16.1 Å². The molecule has 25 heavy (non-hydrogen) atoms. The molecule has 2 rings (SSSR count). The summed E-state index contributed by atoms with van der Waals surface area (Å²) in [6.07, 6.45) is 1.08. The van der Waals surface area contributed by atoms with Crippen LogP contribution in [0.5, 0.6) is 5.75 Å². The van der Waals surface area contributed by atoms with Crippen molar-refractivity contribution in [2.45, 2.75) is 25.4 Å². The predicted molar refractivity (Wildman–Crippen MR) is 92.6 cm³/mol. The van der Waals surface area contributed by atoms with E-state index in [1.807, 2.05) is 24.3 Å². The number of benzene rings is 1. The van der Waals surface area contributed by atoms with Gasteiger partial charge in [0.1, 0.15) is 11.8 Å². The van der Waals surface area contributed by atoms with Gasteiger partial charge in [0.25, 0.3) is 0 Å². The lowest BCUT2D eigenvalue weighted by molar-refractivity contribution is -0.137. The van der Waals surface area contributed by atoms with Gasteiger partial charge < -0.3 is 30.3 Å². The number of para-hydroxylation sites is 1. The lowest BCUT2D eigenvalue weighted by atomic mass is 9.92. The molecule has 1 saturated heterocycles. The molecule has 0 aliphatic carbocycles. The average Bonchev–Trinajstić information content (AvgIpc) is 3.10. The fourth-order valence-electron chi connectivity index (χ4n) is 2.90. The van der Waals surface area contributed by atoms with E-state index < -0.39 is 13.2 Å². The zero-order chi connectivity index (χ0) is 18.2. The molecule has 1 unspecified atom stereocenters. The molecule has 136 valence electrons. The van der Waals surface area contributed by atoms with Crippen LogP contribution in [0, 0.1) is 0 Å². The minimum absolute atomic E-state index is 0.116. The Hall–Kier alpha value is -2.10. The minimum atomic E-state index is -1.60. The minimum Gasteiger partial charge on any atom is -0.496 e. The lowest BCUT2D eigenvalue weighted by Crippen LogP contribution is -2.50. The summed E-state index contributed by atoms with van der Waals surface area (Å²) in [5, 5.41) is 23.2. The number of carbonyl (C=O) groups is 2. The molecule has 1 aliphatic rings. The summed E-state index contributed by atoms with van der Waals surface area (Å²) >= 11 is 0. The fourth-order valence-corrected chi connectivity index (χ4v) is 2.90. The van der Waals surface area contributed by atoms with Crippen LogP contribution in [0.3, 0.4) is 0 Å². The molecule has 1 aliphatic heterocycles. The van der Waals surface area contributed by atoms with Crippen LogP contribution in [0.15, 0.2) is 24.3 Å². The number of carbonyl (C=O) groups excluding carboxylic acids is 2. The van der Waals surface area contributed by atoms with E-state index >= 15 is 0 Å². The maximum atomic E-state index is 12.4. The summed E-state index contributed by atoms with van der Waals surface area (Å²) in [6, 6.07) is 7.00. The van der Waals surface area contributed by atoms with Crippen LogP contribution in [0.1, 0.15) is 18.4 Å². The Morgan fingerprint density at radius 2 is 2.12 bits per heavy atom. The molecule has 0 radical (unpaired) electrons. The van der Waals surface area contributed by atoms with Gasteiger partial charge in [-0.2, -0.15) is 0 Å². The van der Waals surface area contributed by atoms with E-state index in [2.05, 4.69) is 10.6 Å². The van der Waals surface area contributed by atoms with Crippen molar-refractivity contribution in [3.63, 3.8) is 0 Å². The fraction of sp³-hybridized carbons (Fsp3) is 0.500.